The van der Waals surface area contributed by atoms with E-state index < -0.39 is 22.8 Å². The van der Waals surface area contributed by atoms with Gasteiger partial charge in [0.15, 0.2) is 0 Å². The highest BCUT2D eigenvalue weighted by Gasteiger charge is 2.37. The molecule has 0 saturated carbocycles. The fourth-order valence-corrected chi connectivity index (χ4v) is 3.54. The Bertz CT molecular complexity index is 1400. The van der Waals surface area contributed by atoms with Gasteiger partial charge in [-0.3, -0.25) is 25.0 Å². The molecule has 1 saturated heterocycles. The Balaban J connectivity index is 1.64. The van der Waals surface area contributed by atoms with E-state index in [0.29, 0.717) is 28.4 Å². The molecule has 3 aromatic rings. The largest absolute Gasteiger partial charge is 0.497 e. The molecule has 3 aromatic carbocycles. The molecule has 0 radical (unpaired) electrons. The van der Waals surface area contributed by atoms with Crippen LogP contribution in [0, 0.1) is 10.1 Å². The molecule has 4 amide bonds. The molecule has 11 heteroatoms. The predicted molar refractivity (Wildman–Crippen MR) is 132 cm³/mol. The lowest BCUT2D eigenvalue weighted by Gasteiger charge is -2.26. The van der Waals surface area contributed by atoms with Crippen molar-refractivity contribution in [3.8, 4) is 17.2 Å². The van der Waals surface area contributed by atoms with E-state index in [9.17, 15) is 24.5 Å². The van der Waals surface area contributed by atoms with Gasteiger partial charge in [0.2, 0.25) is 0 Å². The molecule has 1 heterocycles. The van der Waals surface area contributed by atoms with Gasteiger partial charge in [0.1, 0.15) is 29.4 Å². The van der Waals surface area contributed by atoms with Crippen LogP contribution in [-0.4, -0.2) is 37.0 Å². The zero-order chi connectivity index (χ0) is 26.5. The number of non-ortho nitro benzene ring substituents is 1. The van der Waals surface area contributed by atoms with Gasteiger partial charge in [-0.2, -0.15) is 0 Å². The van der Waals surface area contributed by atoms with Gasteiger partial charge in [-0.15, -0.1) is 0 Å². The number of nitrogens with one attached hydrogen (secondary N) is 1. The van der Waals surface area contributed by atoms with E-state index >= 15 is 0 Å². The zero-order valence-electron chi connectivity index (χ0n) is 19.8. The van der Waals surface area contributed by atoms with Crippen molar-refractivity contribution in [3.63, 3.8) is 0 Å². The molecule has 0 unspecified atom stereocenters. The molecular formula is C26H21N3O8. The first-order valence-corrected chi connectivity index (χ1v) is 10.9. The SMILES string of the molecule is COc1ccc(N2C(=O)NC(=O)/C(=C\c3ccc(OC)cc3OCc3ccc([N+](=O)[O-])cc3)C2=O)cc1. The van der Waals surface area contributed by atoms with Crippen LogP contribution in [0.4, 0.5) is 16.2 Å². The summed E-state index contributed by atoms with van der Waals surface area (Å²) in [7, 11) is 2.97. The van der Waals surface area contributed by atoms with E-state index in [2.05, 4.69) is 5.32 Å². The van der Waals surface area contributed by atoms with Crippen LogP contribution >= 0.6 is 0 Å². The van der Waals surface area contributed by atoms with Crippen LogP contribution in [0.1, 0.15) is 11.1 Å². The van der Waals surface area contributed by atoms with Crippen molar-refractivity contribution in [2.24, 2.45) is 0 Å². The molecule has 11 nitrogen and oxygen atoms in total. The van der Waals surface area contributed by atoms with E-state index in [1.165, 1.54) is 44.6 Å². The van der Waals surface area contributed by atoms with Crippen molar-refractivity contribution >= 4 is 35.3 Å². The third-order valence-corrected chi connectivity index (χ3v) is 5.49. The molecule has 0 spiro atoms. The lowest BCUT2D eigenvalue weighted by molar-refractivity contribution is -0.384. The minimum absolute atomic E-state index is 0.0478. The van der Waals surface area contributed by atoms with Crippen molar-refractivity contribution in [1.82, 2.24) is 5.32 Å². The maximum absolute atomic E-state index is 13.2. The lowest BCUT2D eigenvalue weighted by atomic mass is 10.1. The Kier molecular flexibility index (Phi) is 7.14. The quantitative estimate of drug-likeness (QED) is 0.212. The number of urea groups is 1. The van der Waals surface area contributed by atoms with Crippen LogP contribution in [0.15, 0.2) is 72.3 Å². The smallest absolute Gasteiger partial charge is 0.335 e. The van der Waals surface area contributed by atoms with E-state index in [-0.39, 0.29) is 23.6 Å². The van der Waals surface area contributed by atoms with Crippen LogP contribution in [-0.2, 0) is 16.2 Å². The third kappa shape index (κ3) is 5.40. The fourth-order valence-electron chi connectivity index (χ4n) is 3.54. The lowest BCUT2D eigenvalue weighted by Crippen LogP contribution is -2.54. The summed E-state index contributed by atoms with van der Waals surface area (Å²) >= 11 is 0. The second-order valence-electron chi connectivity index (χ2n) is 7.77. The number of nitro benzene ring substituents is 1. The van der Waals surface area contributed by atoms with Gasteiger partial charge in [0.25, 0.3) is 17.5 Å². The summed E-state index contributed by atoms with van der Waals surface area (Å²) in [4.78, 5) is 49.5. The van der Waals surface area contributed by atoms with Crippen LogP contribution in [0.3, 0.4) is 0 Å². The third-order valence-electron chi connectivity index (χ3n) is 5.49. The summed E-state index contributed by atoms with van der Waals surface area (Å²) in [5, 5.41) is 13.1. The van der Waals surface area contributed by atoms with Crippen LogP contribution in [0.25, 0.3) is 6.08 Å². The number of carbonyl (C=O) groups is 3. The molecule has 0 bridgehead atoms. The Morgan fingerprint density at radius 1 is 0.919 bits per heavy atom. The highest BCUT2D eigenvalue weighted by molar-refractivity contribution is 6.39. The molecule has 37 heavy (non-hydrogen) atoms. The fraction of sp³-hybridized carbons (Fsp3) is 0.115. The first-order valence-electron chi connectivity index (χ1n) is 10.9. The van der Waals surface area contributed by atoms with Crippen LogP contribution < -0.4 is 24.4 Å². The standard InChI is InChI=1S/C26H21N3O8/c1-35-20-11-8-18(9-12-20)28-25(31)22(24(30)27-26(28)32)13-17-5-10-21(36-2)14-23(17)37-15-16-3-6-19(7-4-16)29(33)34/h3-14H,15H2,1-2H3,(H,27,30,32)/b22-13+. The summed E-state index contributed by atoms with van der Waals surface area (Å²) in [6.45, 7) is 0.0535. The molecule has 188 valence electrons. The number of barbiturate groups is 1. The summed E-state index contributed by atoms with van der Waals surface area (Å²) in [6, 6.07) is 16.0. The molecule has 0 aliphatic carbocycles. The highest BCUT2D eigenvalue weighted by Crippen LogP contribution is 2.30. The number of rotatable bonds is 8. The van der Waals surface area contributed by atoms with Crippen LogP contribution in [0.5, 0.6) is 17.2 Å². The molecule has 0 aromatic heterocycles. The van der Waals surface area contributed by atoms with Gasteiger partial charge < -0.3 is 14.2 Å². The molecule has 1 aliphatic rings. The Labute approximate surface area is 211 Å². The average Bonchev–Trinajstić information content (AvgIpc) is 2.90. The first-order chi connectivity index (χ1) is 17.8. The number of imide groups is 2. The Hall–Kier alpha value is -5.19. The first kappa shape index (κ1) is 24.9. The van der Waals surface area contributed by atoms with Crippen molar-refractivity contribution in [3.05, 3.63) is 93.5 Å². The zero-order valence-corrected chi connectivity index (χ0v) is 19.8. The van der Waals surface area contributed by atoms with Gasteiger partial charge in [-0.25, -0.2) is 9.69 Å². The van der Waals surface area contributed by atoms with E-state index in [1.807, 2.05) is 0 Å². The number of ether oxygens (including phenoxy) is 3. The van der Waals surface area contributed by atoms with Gasteiger partial charge in [-0.05, 0) is 60.2 Å². The van der Waals surface area contributed by atoms with E-state index in [0.717, 1.165) is 4.90 Å². The molecule has 4 rings (SSSR count). The van der Waals surface area contributed by atoms with Crippen molar-refractivity contribution < 1.29 is 33.5 Å². The summed E-state index contributed by atoms with van der Waals surface area (Å²) in [5.41, 5.74) is 0.972. The van der Waals surface area contributed by atoms with Crippen molar-refractivity contribution in [2.45, 2.75) is 6.61 Å². The molecular weight excluding hydrogens is 482 g/mol. The highest BCUT2D eigenvalue weighted by atomic mass is 16.6. The van der Waals surface area contributed by atoms with Crippen molar-refractivity contribution in [1.29, 1.82) is 0 Å². The van der Waals surface area contributed by atoms with Gasteiger partial charge >= 0.3 is 6.03 Å². The number of nitro groups is 1. The number of benzene rings is 3. The Morgan fingerprint density at radius 3 is 2.19 bits per heavy atom. The normalized spacial score (nSPS) is 14.4. The topological polar surface area (TPSA) is 137 Å². The van der Waals surface area contributed by atoms with E-state index in [4.69, 9.17) is 14.2 Å². The minimum Gasteiger partial charge on any atom is -0.497 e. The van der Waals surface area contributed by atoms with Gasteiger partial charge in [0, 0.05) is 23.8 Å². The maximum Gasteiger partial charge on any atom is 0.335 e. The minimum atomic E-state index is -0.873. The monoisotopic (exact) mass is 503 g/mol. The number of methoxy groups -OCH3 is 2. The predicted octanol–water partition coefficient (Wildman–Crippen LogP) is 3.86. The number of amides is 4. The van der Waals surface area contributed by atoms with E-state index in [1.54, 1.807) is 42.5 Å². The van der Waals surface area contributed by atoms with Crippen LogP contribution in [0.2, 0.25) is 0 Å². The average molecular weight is 503 g/mol. The second kappa shape index (κ2) is 10.6. The second-order valence-corrected chi connectivity index (χ2v) is 7.77. The summed E-state index contributed by atoms with van der Waals surface area (Å²) < 4.78 is 16.3. The van der Waals surface area contributed by atoms with Gasteiger partial charge in [0.05, 0.1) is 24.8 Å². The summed E-state index contributed by atoms with van der Waals surface area (Å²) in [5.74, 6) is -0.365. The molecule has 1 aliphatic heterocycles. The molecule has 1 fully saturated rings. The number of carbonyl (C=O) groups excluding carboxylic acids is 3. The maximum atomic E-state index is 13.2. The number of anilines is 1. The molecule has 1 N–H and O–H groups in total. The number of nitrogens with zero attached hydrogens (tertiary/aromatic N) is 2. The molecule has 0 atom stereocenters. The number of hydrogen-bond acceptors (Lipinski definition) is 8. The van der Waals surface area contributed by atoms with Gasteiger partial charge in [-0.1, -0.05) is 0 Å². The summed E-state index contributed by atoms with van der Waals surface area (Å²) in [6.07, 6.45) is 1.32. The number of hydrogen-bond donors (Lipinski definition) is 1. The Morgan fingerprint density at radius 2 is 1.57 bits per heavy atom. The van der Waals surface area contributed by atoms with Crippen molar-refractivity contribution in [2.75, 3.05) is 19.1 Å².